The molecular weight excluding hydrogens is 410 g/mol. The lowest BCUT2D eigenvalue weighted by atomic mass is 10.2. The van der Waals surface area contributed by atoms with Crippen LogP contribution in [-0.2, 0) is 11.2 Å². The zero-order chi connectivity index (χ0) is 22.1. The summed E-state index contributed by atoms with van der Waals surface area (Å²) in [5.41, 5.74) is 2.96. The molecule has 0 saturated heterocycles. The monoisotopic (exact) mass is 433 g/mol. The Kier molecular flexibility index (Phi) is 7.73. The number of anilines is 2. The molecule has 0 spiro atoms. The summed E-state index contributed by atoms with van der Waals surface area (Å²) in [6.45, 7) is 1.99. The molecule has 0 unspecified atom stereocenters. The van der Waals surface area contributed by atoms with Gasteiger partial charge in [0.25, 0.3) is 5.91 Å². The molecule has 0 heterocycles. The Morgan fingerprint density at radius 1 is 0.871 bits per heavy atom. The van der Waals surface area contributed by atoms with Crippen molar-refractivity contribution in [1.29, 1.82) is 0 Å². The molecule has 0 aromatic heterocycles. The smallest absolute Gasteiger partial charge is 0.257 e. The van der Waals surface area contributed by atoms with Gasteiger partial charge in [-0.25, -0.2) is 0 Å². The molecular formula is C24H23N3O3S. The Morgan fingerprint density at radius 2 is 1.55 bits per heavy atom. The first-order valence-electron chi connectivity index (χ1n) is 9.76. The van der Waals surface area contributed by atoms with Gasteiger partial charge in [0, 0.05) is 30.3 Å². The minimum atomic E-state index is -0.327. The molecule has 3 N–H and O–H groups in total. The number of rotatable bonds is 7. The van der Waals surface area contributed by atoms with Crippen LogP contribution < -0.4 is 20.7 Å². The number of nitrogens with one attached hydrogen (secondary N) is 3. The molecule has 6 nitrogen and oxygen atoms in total. The Balaban J connectivity index is 1.48. The van der Waals surface area contributed by atoms with E-state index in [0.29, 0.717) is 29.3 Å². The summed E-state index contributed by atoms with van der Waals surface area (Å²) in [5, 5.41) is 8.43. The average Bonchev–Trinajstić information content (AvgIpc) is 2.74. The number of benzene rings is 3. The SMILES string of the molecule is CC(=O)Nc1cccc(NC(=S)NC(=O)c2ccc(OCCc3ccccc3)cc2)c1. The number of amides is 2. The van der Waals surface area contributed by atoms with Crippen LogP contribution in [0.3, 0.4) is 0 Å². The summed E-state index contributed by atoms with van der Waals surface area (Å²) in [6, 6.07) is 24.0. The minimum absolute atomic E-state index is 0.160. The highest BCUT2D eigenvalue weighted by Crippen LogP contribution is 2.16. The van der Waals surface area contributed by atoms with Gasteiger partial charge in [-0.3, -0.25) is 14.9 Å². The number of thiocarbonyl (C=S) groups is 1. The van der Waals surface area contributed by atoms with Crippen LogP contribution in [0.15, 0.2) is 78.9 Å². The standard InChI is InChI=1S/C24H23N3O3S/c1-17(28)25-20-8-5-9-21(16-20)26-24(31)27-23(29)19-10-12-22(13-11-19)30-15-14-18-6-3-2-4-7-18/h2-13,16H,14-15H2,1H3,(H,25,28)(H2,26,27,29,31). The van der Waals surface area contributed by atoms with Gasteiger partial charge in [-0.05, 0) is 60.2 Å². The van der Waals surface area contributed by atoms with Gasteiger partial charge in [0.1, 0.15) is 5.75 Å². The first kappa shape index (κ1) is 22.0. The molecule has 0 aliphatic rings. The van der Waals surface area contributed by atoms with E-state index in [0.717, 1.165) is 6.42 Å². The molecule has 0 aliphatic heterocycles. The van der Waals surface area contributed by atoms with E-state index in [2.05, 4.69) is 28.1 Å². The molecule has 0 bridgehead atoms. The van der Waals surface area contributed by atoms with Crippen LogP contribution >= 0.6 is 12.2 Å². The summed E-state index contributed by atoms with van der Waals surface area (Å²) in [4.78, 5) is 23.6. The van der Waals surface area contributed by atoms with E-state index in [-0.39, 0.29) is 16.9 Å². The van der Waals surface area contributed by atoms with E-state index in [4.69, 9.17) is 17.0 Å². The van der Waals surface area contributed by atoms with Crippen molar-refractivity contribution in [3.63, 3.8) is 0 Å². The maximum absolute atomic E-state index is 12.4. The molecule has 7 heteroatoms. The van der Waals surface area contributed by atoms with Gasteiger partial charge in [0.2, 0.25) is 5.91 Å². The number of hydrogen-bond donors (Lipinski definition) is 3. The Labute approximate surface area is 186 Å². The number of carbonyl (C=O) groups excluding carboxylic acids is 2. The molecule has 3 aromatic rings. The molecule has 0 aliphatic carbocycles. The summed E-state index contributed by atoms with van der Waals surface area (Å²) in [5.74, 6) is 0.204. The third kappa shape index (κ3) is 7.24. The van der Waals surface area contributed by atoms with Crippen LogP contribution in [0.2, 0.25) is 0 Å². The number of hydrogen-bond acceptors (Lipinski definition) is 4. The Morgan fingerprint density at radius 3 is 2.23 bits per heavy atom. The van der Waals surface area contributed by atoms with Crippen molar-refractivity contribution in [3.05, 3.63) is 90.0 Å². The van der Waals surface area contributed by atoms with Crippen molar-refractivity contribution in [2.75, 3.05) is 17.2 Å². The quantitative estimate of drug-likeness (QED) is 0.482. The van der Waals surface area contributed by atoms with E-state index < -0.39 is 0 Å². The lowest BCUT2D eigenvalue weighted by molar-refractivity contribution is -0.114. The van der Waals surface area contributed by atoms with Gasteiger partial charge in [0.15, 0.2) is 5.11 Å². The molecule has 2 amide bonds. The zero-order valence-electron chi connectivity index (χ0n) is 17.1. The first-order valence-corrected chi connectivity index (χ1v) is 10.2. The zero-order valence-corrected chi connectivity index (χ0v) is 17.9. The minimum Gasteiger partial charge on any atom is -0.493 e. The van der Waals surface area contributed by atoms with E-state index >= 15 is 0 Å². The molecule has 0 radical (unpaired) electrons. The van der Waals surface area contributed by atoms with Crippen LogP contribution in [0, 0.1) is 0 Å². The predicted molar refractivity (Wildman–Crippen MR) is 127 cm³/mol. The van der Waals surface area contributed by atoms with Gasteiger partial charge >= 0.3 is 0 Å². The average molecular weight is 434 g/mol. The van der Waals surface area contributed by atoms with E-state index in [1.807, 2.05) is 18.2 Å². The fourth-order valence-electron chi connectivity index (χ4n) is 2.85. The molecule has 3 rings (SSSR count). The molecule has 0 fully saturated rings. The van der Waals surface area contributed by atoms with Crippen molar-refractivity contribution in [3.8, 4) is 5.75 Å². The topological polar surface area (TPSA) is 79.5 Å². The van der Waals surface area contributed by atoms with Gasteiger partial charge < -0.3 is 15.4 Å². The second-order valence-corrected chi connectivity index (χ2v) is 7.19. The molecule has 3 aromatic carbocycles. The maximum Gasteiger partial charge on any atom is 0.257 e. The van der Waals surface area contributed by atoms with Crippen molar-refractivity contribution in [2.45, 2.75) is 13.3 Å². The van der Waals surface area contributed by atoms with E-state index in [1.54, 1.807) is 48.5 Å². The highest BCUT2D eigenvalue weighted by Gasteiger charge is 2.09. The fourth-order valence-corrected chi connectivity index (χ4v) is 3.06. The van der Waals surface area contributed by atoms with Crippen molar-refractivity contribution >= 4 is 40.5 Å². The molecule has 0 atom stereocenters. The summed E-state index contributed by atoms with van der Waals surface area (Å²) < 4.78 is 5.74. The highest BCUT2D eigenvalue weighted by molar-refractivity contribution is 7.80. The molecule has 31 heavy (non-hydrogen) atoms. The van der Waals surface area contributed by atoms with Crippen LogP contribution in [0.4, 0.5) is 11.4 Å². The fraction of sp³-hybridized carbons (Fsp3) is 0.125. The van der Waals surface area contributed by atoms with Crippen LogP contribution in [0.5, 0.6) is 5.75 Å². The van der Waals surface area contributed by atoms with Gasteiger partial charge in [-0.1, -0.05) is 36.4 Å². The molecule has 158 valence electrons. The second-order valence-electron chi connectivity index (χ2n) is 6.78. The van der Waals surface area contributed by atoms with Gasteiger partial charge in [-0.15, -0.1) is 0 Å². The van der Waals surface area contributed by atoms with E-state index in [1.165, 1.54) is 12.5 Å². The largest absolute Gasteiger partial charge is 0.493 e. The highest BCUT2D eigenvalue weighted by atomic mass is 32.1. The Hall–Kier alpha value is -3.71. The van der Waals surface area contributed by atoms with Gasteiger partial charge in [0.05, 0.1) is 6.61 Å². The summed E-state index contributed by atoms with van der Waals surface area (Å²) in [7, 11) is 0. The van der Waals surface area contributed by atoms with Crippen molar-refractivity contribution < 1.29 is 14.3 Å². The number of carbonyl (C=O) groups is 2. The third-order valence-electron chi connectivity index (χ3n) is 4.29. The summed E-state index contributed by atoms with van der Waals surface area (Å²) >= 11 is 5.22. The van der Waals surface area contributed by atoms with Crippen LogP contribution in [-0.4, -0.2) is 23.5 Å². The third-order valence-corrected chi connectivity index (χ3v) is 4.49. The normalized spacial score (nSPS) is 10.1. The van der Waals surface area contributed by atoms with Crippen molar-refractivity contribution in [1.82, 2.24) is 5.32 Å². The van der Waals surface area contributed by atoms with Crippen LogP contribution in [0.25, 0.3) is 0 Å². The second kappa shape index (κ2) is 10.9. The summed E-state index contributed by atoms with van der Waals surface area (Å²) in [6.07, 6.45) is 0.812. The van der Waals surface area contributed by atoms with Crippen LogP contribution in [0.1, 0.15) is 22.8 Å². The molecule has 0 saturated carbocycles. The lowest BCUT2D eigenvalue weighted by Gasteiger charge is -2.11. The van der Waals surface area contributed by atoms with Gasteiger partial charge in [-0.2, -0.15) is 0 Å². The van der Waals surface area contributed by atoms with Crippen molar-refractivity contribution in [2.24, 2.45) is 0 Å². The first-order chi connectivity index (χ1) is 15.0. The lowest BCUT2D eigenvalue weighted by Crippen LogP contribution is -2.34. The maximum atomic E-state index is 12.4. The predicted octanol–water partition coefficient (Wildman–Crippen LogP) is 4.39. The number of ether oxygens (including phenoxy) is 1. The Bertz CT molecular complexity index is 1050. The van der Waals surface area contributed by atoms with E-state index in [9.17, 15) is 9.59 Å².